The molecule has 2 atom stereocenters. The van der Waals surface area contributed by atoms with E-state index in [0.29, 0.717) is 6.54 Å². The Morgan fingerprint density at radius 1 is 1.03 bits per heavy atom. The number of piperazine rings is 1. The predicted octanol–water partition coefficient (Wildman–Crippen LogP) is -0.299. The van der Waals surface area contributed by atoms with Crippen LogP contribution in [0.3, 0.4) is 0 Å². The Bertz CT molecular complexity index is 1030. The van der Waals surface area contributed by atoms with Crippen LogP contribution in [0.15, 0.2) is 30.3 Å². The number of carbonyl (C=O) groups excluding carboxylic acids is 2. The molecule has 0 bridgehead atoms. The normalized spacial score (nSPS) is 27.5. The van der Waals surface area contributed by atoms with Crippen molar-refractivity contribution in [3.63, 3.8) is 0 Å². The van der Waals surface area contributed by atoms with Gasteiger partial charge in [-0.05, 0) is 18.6 Å². The molecule has 0 saturated carbocycles. The summed E-state index contributed by atoms with van der Waals surface area (Å²) in [5.74, 6) is -1.09. The SMILES string of the molecule is O=C(C1CC(=O)N(c2ccccc2)C1)N1CCN(S(=O)(=O)C2CCS(=O)(=O)C2)CC1. The molecule has 0 aliphatic carbocycles. The summed E-state index contributed by atoms with van der Waals surface area (Å²) in [6, 6.07) is 9.20. The highest BCUT2D eigenvalue weighted by atomic mass is 32.2. The summed E-state index contributed by atoms with van der Waals surface area (Å²) in [6.07, 6.45) is 0.273. The van der Waals surface area contributed by atoms with Crippen LogP contribution in [-0.4, -0.2) is 87.3 Å². The van der Waals surface area contributed by atoms with E-state index < -0.39 is 31.0 Å². The molecule has 1 aromatic rings. The van der Waals surface area contributed by atoms with Crippen LogP contribution in [-0.2, 0) is 29.4 Å². The highest BCUT2D eigenvalue weighted by molar-refractivity contribution is 7.95. The second kappa shape index (κ2) is 7.93. The van der Waals surface area contributed by atoms with Crippen molar-refractivity contribution in [1.29, 1.82) is 0 Å². The molecule has 2 amide bonds. The van der Waals surface area contributed by atoms with Crippen molar-refractivity contribution in [2.75, 3.05) is 49.1 Å². The number of para-hydroxylation sites is 1. The molecule has 9 nitrogen and oxygen atoms in total. The number of hydrogen-bond donors (Lipinski definition) is 0. The van der Waals surface area contributed by atoms with Gasteiger partial charge in [0.1, 0.15) is 0 Å². The molecule has 0 aromatic heterocycles. The van der Waals surface area contributed by atoms with E-state index in [9.17, 15) is 26.4 Å². The zero-order valence-corrected chi connectivity index (χ0v) is 18.1. The van der Waals surface area contributed by atoms with Gasteiger partial charge in [-0.25, -0.2) is 16.8 Å². The van der Waals surface area contributed by atoms with Gasteiger partial charge in [0.25, 0.3) is 0 Å². The third-order valence-corrected chi connectivity index (χ3v) is 10.4. The highest BCUT2D eigenvalue weighted by Crippen LogP contribution is 2.27. The number of amides is 2. The molecule has 3 aliphatic heterocycles. The first-order valence-electron chi connectivity index (χ1n) is 10.0. The van der Waals surface area contributed by atoms with Crippen LogP contribution >= 0.6 is 0 Å². The minimum Gasteiger partial charge on any atom is -0.340 e. The lowest BCUT2D eigenvalue weighted by Gasteiger charge is -2.36. The first-order chi connectivity index (χ1) is 14.2. The van der Waals surface area contributed by atoms with Crippen LogP contribution in [0.2, 0.25) is 0 Å². The zero-order chi connectivity index (χ0) is 21.5. The predicted molar refractivity (Wildman–Crippen MR) is 111 cm³/mol. The van der Waals surface area contributed by atoms with Crippen molar-refractivity contribution in [3.8, 4) is 0 Å². The number of rotatable bonds is 4. The van der Waals surface area contributed by atoms with Gasteiger partial charge in [-0.3, -0.25) is 9.59 Å². The summed E-state index contributed by atoms with van der Waals surface area (Å²) in [5.41, 5.74) is 0.764. The first-order valence-corrected chi connectivity index (χ1v) is 13.3. The Morgan fingerprint density at radius 2 is 1.70 bits per heavy atom. The van der Waals surface area contributed by atoms with Gasteiger partial charge in [0, 0.05) is 44.8 Å². The lowest BCUT2D eigenvalue weighted by Crippen LogP contribution is -2.54. The highest BCUT2D eigenvalue weighted by Gasteiger charge is 2.43. The summed E-state index contributed by atoms with van der Waals surface area (Å²) in [6.45, 7) is 1.10. The smallest absolute Gasteiger partial charge is 0.228 e. The molecule has 164 valence electrons. The van der Waals surface area contributed by atoms with Gasteiger partial charge in [-0.15, -0.1) is 0 Å². The first kappa shape index (κ1) is 21.3. The fourth-order valence-electron chi connectivity index (χ4n) is 4.36. The monoisotopic (exact) mass is 455 g/mol. The van der Waals surface area contributed by atoms with Gasteiger partial charge in [0.2, 0.25) is 21.8 Å². The molecule has 0 N–H and O–H groups in total. The van der Waals surface area contributed by atoms with Crippen LogP contribution in [0, 0.1) is 5.92 Å². The maximum Gasteiger partial charge on any atom is 0.228 e. The van der Waals surface area contributed by atoms with Crippen LogP contribution < -0.4 is 4.90 Å². The summed E-state index contributed by atoms with van der Waals surface area (Å²) in [7, 11) is -6.99. The standard InChI is InChI=1S/C19H25N3O6S2/c23-18-12-15(13-22(18)16-4-2-1-3-5-16)19(24)20-7-9-21(10-8-20)30(27,28)17-6-11-29(25,26)14-17/h1-5,15,17H,6-14H2. The lowest BCUT2D eigenvalue weighted by molar-refractivity contribution is -0.136. The Labute approximate surface area is 176 Å². The van der Waals surface area contributed by atoms with Crippen molar-refractivity contribution < 1.29 is 26.4 Å². The van der Waals surface area contributed by atoms with Gasteiger partial charge in [0.15, 0.2) is 9.84 Å². The molecule has 3 aliphatic rings. The van der Waals surface area contributed by atoms with Gasteiger partial charge >= 0.3 is 0 Å². The summed E-state index contributed by atoms with van der Waals surface area (Å²) in [5, 5.41) is -0.892. The van der Waals surface area contributed by atoms with Crippen molar-refractivity contribution in [1.82, 2.24) is 9.21 Å². The summed E-state index contributed by atoms with van der Waals surface area (Å²) < 4.78 is 50.1. The van der Waals surface area contributed by atoms with E-state index in [1.54, 1.807) is 9.80 Å². The molecule has 3 saturated heterocycles. The molecule has 1 aromatic carbocycles. The average Bonchev–Trinajstić information content (AvgIpc) is 3.30. The maximum absolute atomic E-state index is 12.9. The van der Waals surface area contributed by atoms with Crippen LogP contribution in [0.25, 0.3) is 0 Å². The minimum absolute atomic E-state index is 0.0943. The summed E-state index contributed by atoms with van der Waals surface area (Å²) >= 11 is 0. The fourth-order valence-corrected chi connectivity index (χ4v) is 8.87. The number of carbonyl (C=O) groups is 2. The molecule has 4 rings (SSSR count). The summed E-state index contributed by atoms with van der Waals surface area (Å²) in [4.78, 5) is 28.5. The van der Waals surface area contributed by atoms with Gasteiger partial charge < -0.3 is 9.80 Å². The number of nitrogens with zero attached hydrogens (tertiary/aromatic N) is 3. The van der Waals surface area contributed by atoms with E-state index in [-0.39, 0.29) is 62.3 Å². The van der Waals surface area contributed by atoms with Crippen LogP contribution in [0.5, 0.6) is 0 Å². The molecule has 30 heavy (non-hydrogen) atoms. The van der Waals surface area contributed by atoms with Crippen molar-refractivity contribution in [2.24, 2.45) is 5.92 Å². The lowest BCUT2D eigenvalue weighted by atomic mass is 10.1. The Hall–Kier alpha value is -1.98. The second-order valence-electron chi connectivity index (χ2n) is 8.04. The van der Waals surface area contributed by atoms with E-state index in [1.807, 2.05) is 30.3 Å². The molecular formula is C19H25N3O6S2. The third-order valence-electron chi connectivity index (χ3n) is 6.06. The van der Waals surface area contributed by atoms with Crippen LogP contribution in [0.1, 0.15) is 12.8 Å². The van der Waals surface area contributed by atoms with Gasteiger partial charge in [-0.2, -0.15) is 4.31 Å². The Morgan fingerprint density at radius 3 is 2.30 bits per heavy atom. The zero-order valence-electron chi connectivity index (χ0n) is 16.5. The Balaban J connectivity index is 1.35. The van der Waals surface area contributed by atoms with Crippen LogP contribution in [0.4, 0.5) is 5.69 Å². The molecule has 3 fully saturated rings. The number of benzene rings is 1. The number of sulfone groups is 1. The number of sulfonamides is 1. The topological polar surface area (TPSA) is 112 Å². The van der Waals surface area contributed by atoms with E-state index in [1.165, 1.54) is 4.31 Å². The number of hydrogen-bond acceptors (Lipinski definition) is 6. The van der Waals surface area contributed by atoms with E-state index in [4.69, 9.17) is 0 Å². The van der Waals surface area contributed by atoms with Gasteiger partial charge in [-0.1, -0.05) is 18.2 Å². The fraction of sp³-hybridized carbons (Fsp3) is 0.579. The third kappa shape index (κ3) is 4.10. The van der Waals surface area contributed by atoms with Crippen molar-refractivity contribution in [3.05, 3.63) is 30.3 Å². The minimum atomic E-state index is -3.70. The average molecular weight is 456 g/mol. The molecule has 0 spiro atoms. The molecule has 3 heterocycles. The quantitative estimate of drug-likeness (QED) is 0.616. The van der Waals surface area contributed by atoms with E-state index >= 15 is 0 Å². The Kier molecular flexibility index (Phi) is 5.62. The van der Waals surface area contributed by atoms with E-state index in [2.05, 4.69) is 0 Å². The van der Waals surface area contributed by atoms with Crippen molar-refractivity contribution in [2.45, 2.75) is 18.1 Å². The molecule has 11 heteroatoms. The van der Waals surface area contributed by atoms with Crippen molar-refractivity contribution >= 4 is 37.4 Å². The number of anilines is 1. The largest absolute Gasteiger partial charge is 0.340 e. The van der Waals surface area contributed by atoms with E-state index in [0.717, 1.165) is 5.69 Å². The second-order valence-corrected chi connectivity index (χ2v) is 12.5. The molecular weight excluding hydrogens is 430 g/mol. The molecule has 0 radical (unpaired) electrons. The van der Waals surface area contributed by atoms with Gasteiger partial charge in [0.05, 0.1) is 22.7 Å². The maximum atomic E-state index is 12.9. The molecule has 2 unspecified atom stereocenters.